The first-order chi connectivity index (χ1) is 15.1. The second-order valence-electron chi connectivity index (χ2n) is 8.63. The molecule has 2 aliphatic rings. The highest BCUT2D eigenvalue weighted by Crippen LogP contribution is 2.25. The largest absolute Gasteiger partial charge is 0.369 e. The van der Waals surface area contributed by atoms with Crippen molar-refractivity contribution in [2.24, 2.45) is 0 Å². The number of hydrogen-bond donors (Lipinski definition) is 0. The van der Waals surface area contributed by atoms with Crippen LogP contribution in [0.15, 0.2) is 47.5 Å². The molecular formula is C23H25N7O. The van der Waals surface area contributed by atoms with Gasteiger partial charge in [-0.2, -0.15) is 5.10 Å². The Kier molecular flexibility index (Phi) is 4.27. The van der Waals surface area contributed by atoms with Gasteiger partial charge in [-0.1, -0.05) is 0 Å². The van der Waals surface area contributed by atoms with E-state index in [1.165, 1.54) is 32.4 Å². The number of rotatable bonds is 3. The second-order valence-corrected chi connectivity index (χ2v) is 8.63. The van der Waals surface area contributed by atoms with E-state index in [1.54, 1.807) is 15.0 Å². The van der Waals surface area contributed by atoms with Crippen LogP contribution in [0, 0.1) is 6.92 Å². The van der Waals surface area contributed by atoms with Gasteiger partial charge in [0, 0.05) is 31.4 Å². The summed E-state index contributed by atoms with van der Waals surface area (Å²) in [5.41, 5.74) is 4.52. The van der Waals surface area contributed by atoms with Crippen molar-refractivity contribution in [1.82, 2.24) is 28.9 Å². The number of likely N-dealkylation sites (tertiary alicyclic amines) is 1. The molecular weight excluding hydrogens is 390 g/mol. The lowest BCUT2D eigenvalue weighted by Crippen LogP contribution is -2.35. The molecule has 158 valence electrons. The van der Waals surface area contributed by atoms with E-state index in [9.17, 15) is 4.79 Å². The van der Waals surface area contributed by atoms with E-state index in [0.29, 0.717) is 23.1 Å². The third kappa shape index (κ3) is 3.27. The predicted molar refractivity (Wildman–Crippen MR) is 120 cm³/mol. The molecule has 1 atom stereocenters. The van der Waals surface area contributed by atoms with E-state index in [1.807, 2.05) is 37.5 Å². The van der Waals surface area contributed by atoms with Gasteiger partial charge in [-0.3, -0.25) is 14.1 Å². The Morgan fingerprint density at radius 1 is 0.935 bits per heavy atom. The van der Waals surface area contributed by atoms with Crippen molar-refractivity contribution in [1.29, 1.82) is 0 Å². The molecule has 31 heavy (non-hydrogen) atoms. The SMILES string of the molecule is Cc1cn2nc(-c3cc(=O)n4cc(N5CC[C@H](N6CCCC6)C5)ccc4n3)ccc2n1. The molecule has 4 aromatic heterocycles. The summed E-state index contributed by atoms with van der Waals surface area (Å²) < 4.78 is 3.36. The van der Waals surface area contributed by atoms with Crippen molar-refractivity contribution in [2.45, 2.75) is 32.2 Å². The van der Waals surface area contributed by atoms with Crippen LogP contribution in [-0.4, -0.2) is 61.1 Å². The first-order valence-corrected chi connectivity index (χ1v) is 11.0. The number of aromatic nitrogens is 5. The topological polar surface area (TPSA) is 71.0 Å². The molecule has 0 unspecified atom stereocenters. The zero-order valence-corrected chi connectivity index (χ0v) is 17.6. The van der Waals surface area contributed by atoms with Crippen molar-refractivity contribution in [3.63, 3.8) is 0 Å². The number of pyridine rings is 1. The molecule has 0 radical (unpaired) electrons. The maximum Gasteiger partial charge on any atom is 0.258 e. The van der Waals surface area contributed by atoms with E-state index in [-0.39, 0.29) is 5.56 Å². The van der Waals surface area contributed by atoms with Gasteiger partial charge in [0.15, 0.2) is 5.65 Å². The molecule has 6 heterocycles. The van der Waals surface area contributed by atoms with Gasteiger partial charge in [-0.25, -0.2) is 14.5 Å². The number of fused-ring (bicyclic) bond motifs is 2. The fourth-order valence-electron chi connectivity index (χ4n) is 4.93. The Labute approximate surface area is 179 Å². The van der Waals surface area contributed by atoms with Crippen molar-refractivity contribution < 1.29 is 0 Å². The summed E-state index contributed by atoms with van der Waals surface area (Å²) in [5.74, 6) is 0. The molecule has 4 aromatic rings. The van der Waals surface area contributed by atoms with Crippen LogP contribution in [0.5, 0.6) is 0 Å². The average Bonchev–Trinajstić information content (AvgIpc) is 3.52. The monoisotopic (exact) mass is 415 g/mol. The summed E-state index contributed by atoms with van der Waals surface area (Å²) in [5, 5.41) is 4.57. The van der Waals surface area contributed by atoms with Gasteiger partial charge >= 0.3 is 0 Å². The van der Waals surface area contributed by atoms with Crippen LogP contribution in [0.4, 0.5) is 5.69 Å². The molecule has 0 spiro atoms. The normalized spacial score (nSPS) is 19.8. The van der Waals surface area contributed by atoms with Gasteiger partial charge in [0.2, 0.25) is 0 Å². The summed E-state index contributed by atoms with van der Waals surface area (Å²) in [6.45, 7) is 6.43. The molecule has 2 saturated heterocycles. The minimum absolute atomic E-state index is 0.0964. The van der Waals surface area contributed by atoms with Crippen LogP contribution < -0.4 is 10.5 Å². The van der Waals surface area contributed by atoms with Crippen LogP contribution in [0.2, 0.25) is 0 Å². The number of hydrogen-bond acceptors (Lipinski definition) is 6. The van der Waals surface area contributed by atoms with Crippen LogP contribution >= 0.6 is 0 Å². The lowest BCUT2D eigenvalue weighted by molar-refractivity contribution is 0.260. The van der Waals surface area contributed by atoms with Crippen molar-refractivity contribution >= 4 is 17.0 Å². The molecule has 0 amide bonds. The highest BCUT2D eigenvalue weighted by atomic mass is 16.1. The predicted octanol–water partition coefficient (Wildman–Crippen LogP) is 2.39. The van der Waals surface area contributed by atoms with Gasteiger partial charge in [-0.05, 0) is 63.5 Å². The van der Waals surface area contributed by atoms with Gasteiger partial charge < -0.3 is 4.90 Å². The Hall–Kier alpha value is -3.26. The quantitative estimate of drug-likeness (QED) is 0.512. The molecule has 8 nitrogen and oxygen atoms in total. The number of imidazole rings is 1. The average molecular weight is 416 g/mol. The Morgan fingerprint density at radius 3 is 2.65 bits per heavy atom. The Morgan fingerprint density at radius 2 is 1.77 bits per heavy atom. The number of nitrogens with zero attached hydrogens (tertiary/aromatic N) is 7. The first-order valence-electron chi connectivity index (χ1n) is 11.0. The first kappa shape index (κ1) is 18.5. The zero-order chi connectivity index (χ0) is 20.9. The van der Waals surface area contributed by atoms with Crippen molar-refractivity contribution in [3.05, 3.63) is 58.8 Å². The fraction of sp³-hybridized carbons (Fsp3) is 0.391. The molecule has 0 aromatic carbocycles. The number of aryl methyl sites for hydroxylation is 1. The van der Waals surface area contributed by atoms with Crippen LogP contribution in [0.3, 0.4) is 0 Å². The lowest BCUT2D eigenvalue weighted by Gasteiger charge is -2.24. The molecule has 0 aliphatic carbocycles. The van der Waals surface area contributed by atoms with Crippen molar-refractivity contribution in [3.8, 4) is 11.4 Å². The molecule has 0 saturated carbocycles. The third-order valence-corrected chi connectivity index (χ3v) is 6.53. The van der Waals surface area contributed by atoms with Gasteiger partial charge in [0.1, 0.15) is 11.3 Å². The molecule has 0 N–H and O–H groups in total. The van der Waals surface area contributed by atoms with E-state index < -0.39 is 0 Å². The molecule has 0 bridgehead atoms. The number of anilines is 1. The maximum atomic E-state index is 12.9. The minimum Gasteiger partial charge on any atom is -0.369 e. The second kappa shape index (κ2) is 7.16. The van der Waals surface area contributed by atoms with Crippen molar-refractivity contribution in [2.75, 3.05) is 31.1 Å². The molecule has 2 aliphatic heterocycles. The van der Waals surface area contributed by atoms with Crippen LogP contribution in [0.1, 0.15) is 25.0 Å². The highest BCUT2D eigenvalue weighted by Gasteiger charge is 2.29. The fourth-order valence-corrected chi connectivity index (χ4v) is 4.93. The summed E-state index contributed by atoms with van der Waals surface area (Å²) in [6, 6.07) is 9.95. The molecule has 8 heteroatoms. The highest BCUT2D eigenvalue weighted by molar-refractivity contribution is 5.60. The Balaban J connectivity index is 1.31. The van der Waals surface area contributed by atoms with E-state index >= 15 is 0 Å². The smallest absolute Gasteiger partial charge is 0.258 e. The van der Waals surface area contributed by atoms with E-state index in [2.05, 4.69) is 25.9 Å². The summed E-state index contributed by atoms with van der Waals surface area (Å²) in [6.07, 6.45) is 7.61. The molecule has 2 fully saturated rings. The van der Waals surface area contributed by atoms with Crippen LogP contribution in [0.25, 0.3) is 22.7 Å². The van der Waals surface area contributed by atoms with Gasteiger partial charge in [-0.15, -0.1) is 0 Å². The van der Waals surface area contributed by atoms with Crippen LogP contribution in [-0.2, 0) is 0 Å². The van der Waals surface area contributed by atoms with E-state index in [4.69, 9.17) is 4.98 Å². The van der Waals surface area contributed by atoms with E-state index in [0.717, 1.165) is 30.1 Å². The zero-order valence-electron chi connectivity index (χ0n) is 17.6. The van der Waals surface area contributed by atoms with Gasteiger partial charge in [0.25, 0.3) is 5.56 Å². The summed E-state index contributed by atoms with van der Waals surface area (Å²) in [4.78, 5) is 27.0. The Bertz CT molecular complexity index is 1340. The molecule has 6 rings (SSSR count). The third-order valence-electron chi connectivity index (χ3n) is 6.53. The standard InChI is InChI=1S/C23H25N7O/c1-16-13-30-22(24-16)7-5-19(26-30)20-12-23(31)29-15-17(4-6-21(29)25-20)28-11-8-18(14-28)27-9-2-3-10-27/h4-7,12-13,15,18H,2-3,8-11,14H2,1H3/t18-/m0/s1. The maximum absolute atomic E-state index is 12.9. The lowest BCUT2D eigenvalue weighted by atomic mass is 10.2. The minimum atomic E-state index is -0.0964. The summed E-state index contributed by atoms with van der Waals surface area (Å²) >= 11 is 0. The summed E-state index contributed by atoms with van der Waals surface area (Å²) in [7, 11) is 0. The van der Waals surface area contributed by atoms with Gasteiger partial charge in [0.05, 0.1) is 23.3 Å².